The molecule has 0 amide bonds. The van der Waals surface area contributed by atoms with Crippen LogP contribution in [0.3, 0.4) is 0 Å². The summed E-state index contributed by atoms with van der Waals surface area (Å²) in [5, 5.41) is 14.6. The highest BCUT2D eigenvalue weighted by Crippen LogP contribution is 2.28. The topological polar surface area (TPSA) is 117 Å². The predicted octanol–water partition coefficient (Wildman–Crippen LogP) is 0.103. The van der Waals surface area contributed by atoms with E-state index in [0.717, 1.165) is 6.21 Å². The first-order chi connectivity index (χ1) is 12.5. The molecule has 0 saturated heterocycles. The van der Waals surface area contributed by atoms with Crippen molar-refractivity contribution in [1.29, 1.82) is 0 Å². The molecule has 5 N–H and O–H groups in total. The van der Waals surface area contributed by atoms with Crippen LogP contribution in [-0.4, -0.2) is 65.1 Å². The molecular weight excluding hydrogens is 363 g/mol. The number of hydrogen-bond acceptors (Lipinski definition) is 5. The van der Waals surface area contributed by atoms with Gasteiger partial charge in [0, 0.05) is 13.1 Å². The zero-order valence-corrected chi connectivity index (χ0v) is 15.0. The zero-order valence-electron chi connectivity index (χ0n) is 15.0. The number of carboxylic acids is 1. The number of carbonyl (C=O) groups is 1. The molecule has 7 nitrogen and oxygen atoms in total. The van der Waals surface area contributed by atoms with Gasteiger partial charge in [-0.15, -0.1) is 0 Å². The van der Waals surface area contributed by atoms with Crippen molar-refractivity contribution >= 4 is 23.7 Å². The van der Waals surface area contributed by atoms with E-state index < -0.39 is 35.5 Å². The highest BCUT2D eigenvalue weighted by atomic mass is 19.4. The van der Waals surface area contributed by atoms with Crippen molar-refractivity contribution in [3.05, 3.63) is 35.1 Å². The van der Waals surface area contributed by atoms with Gasteiger partial charge in [-0.2, -0.15) is 13.2 Å². The fourth-order valence-electron chi connectivity index (χ4n) is 2.58. The van der Waals surface area contributed by atoms with Crippen LogP contribution in [0.15, 0.2) is 45.1 Å². The molecule has 1 aliphatic carbocycles. The smallest absolute Gasteiger partial charge is 0.431 e. The van der Waals surface area contributed by atoms with E-state index in [1.807, 2.05) is 13.8 Å². The Balaban J connectivity index is 2.63. The molecule has 0 spiro atoms. The van der Waals surface area contributed by atoms with Gasteiger partial charge in [0.05, 0.1) is 23.2 Å². The van der Waals surface area contributed by atoms with E-state index >= 15 is 0 Å². The first kappa shape index (κ1) is 20.4. The quantitative estimate of drug-likeness (QED) is 0.596. The van der Waals surface area contributed by atoms with Gasteiger partial charge in [-0.1, -0.05) is 6.08 Å². The van der Waals surface area contributed by atoms with E-state index in [2.05, 4.69) is 9.98 Å². The molecular formula is C17H21F3N5O2+. The Hall–Kier alpha value is -2.91. The number of nitrogens with two attached hydrogens (primary N) is 2. The van der Waals surface area contributed by atoms with Crippen LogP contribution in [-0.2, 0) is 4.79 Å². The summed E-state index contributed by atoms with van der Waals surface area (Å²) in [6.45, 7) is 3.66. The summed E-state index contributed by atoms with van der Waals surface area (Å²) >= 11 is 0. The minimum atomic E-state index is -4.79. The van der Waals surface area contributed by atoms with Crippen molar-refractivity contribution in [2.75, 3.05) is 7.05 Å². The molecule has 0 saturated carbocycles. The molecule has 0 radical (unpaired) electrons. The van der Waals surface area contributed by atoms with Crippen molar-refractivity contribution < 1.29 is 28.5 Å². The third kappa shape index (κ3) is 4.09. The third-order valence-electron chi connectivity index (χ3n) is 4.31. The van der Waals surface area contributed by atoms with Gasteiger partial charge < -0.3 is 15.7 Å². The Morgan fingerprint density at radius 2 is 2.00 bits per heavy atom. The SMILES string of the molecule is CC(C)N(C)C1=NC2C=C(C(=O)O)C=CC2N=C1C(C=[NH2+])=C(N)C(F)(F)F. The van der Waals surface area contributed by atoms with Crippen LogP contribution < -0.4 is 11.1 Å². The highest BCUT2D eigenvalue weighted by molar-refractivity contribution is 6.51. The Kier molecular flexibility index (Phi) is 5.57. The third-order valence-corrected chi connectivity index (χ3v) is 4.31. The number of aliphatic carboxylic acids is 1. The number of allylic oxidation sites excluding steroid dienone is 1. The monoisotopic (exact) mass is 384 g/mol. The van der Waals surface area contributed by atoms with E-state index in [0.29, 0.717) is 0 Å². The fourth-order valence-corrected chi connectivity index (χ4v) is 2.58. The normalized spacial score (nSPS) is 23.0. The molecule has 27 heavy (non-hydrogen) atoms. The molecule has 0 aromatic rings. The van der Waals surface area contributed by atoms with E-state index in [1.54, 1.807) is 11.9 Å². The lowest BCUT2D eigenvalue weighted by Gasteiger charge is -2.33. The molecule has 2 aliphatic rings. The summed E-state index contributed by atoms with van der Waals surface area (Å²) in [6.07, 6.45) is 0.230. The second-order valence-electron chi connectivity index (χ2n) is 6.39. The molecule has 1 aliphatic heterocycles. The van der Waals surface area contributed by atoms with Gasteiger partial charge in [0.2, 0.25) is 0 Å². The van der Waals surface area contributed by atoms with Gasteiger partial charge in [0.25, 0.3) is 0 Å². The van der Waals surface area contributed by atoms with Gasteiger partial charge in [-0.25, -0.2) is 4.79 Å². The minimum absolute atomic E-state index is 0.0427. The average Bonchev–Trinajstić information content (AvgIpc) is 2.59. The molecule has 0 fully saturated rings. The lowest BCUT2D eigenvalue weighted by atomic mass is 9.95. The van der Waals surface area contributed by atoms with E-state index in [4.69, 9.17) is 16.2 Å². The van der Waals surface area contributed by atoms with Gasteiger partial charge in [0.1, 0.15) is 11.4 Å². The maximum atomic E-state index is 13.1. The summed E-state index contributed by atoms with van der Waals surface area (Å²) in [7, 11) is 1.65. The maximum absolute atomic E-state index is 13.1. The highest BCUT2D eigenvalue weighted by Gasteiger charge is 2.39. The van der Waals surface area contributed by atoms with E-state index in [9.17, 15) is 18.0 Å². The fraction of sp³-hybridized carbons (Fsp3) is 0.412. The number of halogens is 3. The van der Waals surface area contributed by atoms with Crippen LogP contribution >= 0.6 is 0 Å². The lowest BCUT2D eigenvalue weighted by Crippen LogP contribution is -2.47. The van der Waals surface area contributed by atoms with Crippen molar-refractivity contribution in [3.63, 3.8) is 0 Å². The number of fused-ring (bicyclic) bond motifs is 1. The van der Waals surface area contributed by atoms with Gasteiger partial charge in [-0.05, 0) is 26.0 Å². The van der Waals surface area contributed by atoms with Crippen molar-refractivity contribution in [2.45, 2.75) is 38.1 Å². The van der Waals surface area contributed by atoms with Gasteiger partial charge in [-0.3, -0.25) is 15.4 Å². The van der Waals surface area contributed by atoms with Crippen LogP contribution in [0.4, 0.5) is 13.2 Å². The standard InChI is InChI=1S/C17H20F3N5O2/c1-8(2)25(3)15-13(10(7-21)14(22)17(18,19)20)23-11-5-4-9(16(26)27)6-12(11)24-15/h4-8,11-12,21H,22H2,1-3H3,(H,26,27)/p+1. The molecule has 2 rings (SSSR count). The van der Waals surface area contributed by atoms with Crippen LogP contribution in [0.2, 0.25) is 0 Å². The van der Waals surface area contributed by atoms with Crippen molar-refractivity contribution in [3.8, 4) is 0 Å². The number of rotatable bonds is 4. The van der Waals surface area contributed by atoms with Crippen LogP contribution in [0, 0.1) is 0 Å². The van der Waals surface area contributed by atoms with E-state index in [1.165, 1.54) is 18.2 Å². The van der Waals surface area contributed by atoms with Crippen LogP contribution in [0.1, 0.15) is 13.8 Å². The van der Waals surface area contributed by atoms with E-state index in [-0.39, 0.29) is 23.2 Å². The maximum Gasteiger partial charge on any atom is 0.431 e. The Morgan fingerprint density at radius 3 is 2.48 bits per heavy atom. The summed E-state index contributed by atoms with van der Waals surface area (Å²) in [5.41, 5.74) is 3.42. The number of carboxylic acid groups (broad SMARTS) is 1. The first-order valence-corrected chi connectivity index (χ1v) is 8.11. The summed E-state index contributed by atoms with van der Waals surface area (Å²) < 4.78 is 39.4. The summed E-state index contributed by atoms with van der Waals surface area (Å²) in [5.74, 6) is -0.961. The minimum Gasteiger partial charge on any atom is -0.478 e. The van der Waals surface area contributed by atoms with Gasteiger partial charge in [0.15, 0.2) is 12.1 Å². The molecule has 2 atom stereocenters. The average molecular weight is 384 g/mol. The molecule has 0 bridgehead atoms. The first-order valence-electron chi connectivity index (χ1n) is 8.11. The van der Waals surface area contributed by atoms with Crippen LogP contribution in [0.5, 0.6) is 0 Å². The second kappa shape index (κ2) is 7.37. The number of aliphatic imine (C=N–C) groups is 2. The number of alkyl halides is 3. The second-order valence-corrected chi connectivity index (χ2v) is 6.39. The largest absolute Gasteiger partial charge is 0.478 e. The summed E-state index contributed by atoms with van der Waals surface area (Å²) in [6, 6.07) is -1.41. The van der Waals surface area contributed by atoms with Crippen molar-refractivity contribution in [1.82, 2.24) is 4.90 Å². The van der Waals surface area contributed by atoms with Crippen LogP contribution in [0.25, 0.3) is 0 Å². The number of hydrogen-bond donors (Lipinski definition) is 3. The number of amidine groups is 1. The Labute approximate surface area is 154 Å². The molecule has 2 unspecified atom stereocenters. The number of nitrogens with zero attached hydrogens (tertiary/aromatic N) is 3. The molecule has 10 heteroatoms. The Bertz CT molecular complexity index is 806. The lowest BCUT2D eigenvalue weighted by molar-refractivity contribution is -0.132. The van der Waals surface area contributed by atoms with Gasteiger partial charge >= 0.3 is 12.1 Å². The molecule has 0 aromatic carbocycles. The predicted molar refractivity (Wildman–Crippen MR) is 95.5 cm³/mol. The van der Waals surface area contributed by atoms with Crippen molar-refractivity contribution in [2.24, 2.45) is 15.7 Å². The summed E-state index contributed by atoms with van der Waals surface area (Å²) in [4.78, 5) is 21.6. The molecule has 0 aromatic heterocycles. The zero-order chi connectivity index (χ0) is 20.5. The molecule has 1 heterocycles. The Morgan fingerprint density at radius 1 is 1.37 bits per heavy atom. The molecule has 146 valence electrons.